The Morgan fingerprint density at radius 1 is 1.12 bits per heavy atom. The van der Waals surface area contributed by atoms with Crippen LogP contribution < -0.4 is 14.8 Å². The summed E-state index contributed by atoms with van der Waals surface area (Å²) in [5.74, 6) is 0.916. The number of carbonyl (C=O) groups excluding carboxylic acids is 1. The van der Waals surface area contributed by atoms with Crippen molar-refractivity contribution in [2.75, 3.05) is 26.3 Å². The normalized spacial score (nSPS) is 29.4. The largest absolute Gasteiger partial charge is 0.486 e. The third-order valence-electron chi connectivity index (χ3n) is 5.56. The van der Waals surface area contributed by atoms with Gasteiger partial charge in [-0.05, 0) is 57.3 Å². The molecule has 25 heavy (non-hydrogen) atoms. The number of carbonyl (C=O) groups is 1. The lowest BCUT2D eigenvalue weighted by molar-refractivity contribution is 0.00697. The molecule has 4 rings (SSSR count). The molecule has 136 valence electrons. The number of hydrogen-bond acceptors (Lipinski definition) is 5. The number of nitrogens with zero attached hydrogens (tertiary/aromatic N) is 1. The van der Waals surface area contributed by atoms with Crippen LogP contribution in [0.15, 0.2) is 18.2 Å². The second-order valence-corrected chi connectivity index (χ2v) is 7.14. The first-order valence-electron chi connectivity index (χ1n) is 9.35. The van der Waals surface area contributed by atoms with Crippen LogP contribution in [0.3, 0.4) is 0 Å². The number of rotatable bonds is 3. The van der Waals surface area contributed by atoms with Gasteiger partial charge in [-0.1, -0.05) is 6.07 Å². The molecule has 1 saturated carbocycles. The number of benzene rings is 1. The predicted molar refractivity (Wildman–Crippen MR) is 93.1 cm³/mol. The number of aliphatic hydroxyl groups is 1. The van der Waals surface area contributed by atoms with Crippen LogP contribution in [0, 0.1) is 0 Å². The number of para-hydroxylation sites is 1. The number of fused-ring (bicyclic) bond motifs is 1. The highest BCUT2D eigenvalue weighted by Crippen LogP contribution is 2.34. The first-order chi connectivity index (χ1) is 12.2. The van der Waals surface area contributed by atoms with Crippen LogP contribution in [0.4, 0.5) is 0 Å². The third kappa shape index (κ3) is 3.33. The average molecular weight is 346 g/mol. The second-order valence-electron chi connectivity index (χ2n) is 7.14. The molecule has 0 aromatic heterocycles. The van der Waals surface area contributed by atoms with Crippen molar-refractivity contribution in [1.29, 1.82) is 0 Å². The van der Waals surface area contributed by atoms with E-state index in [2.05, 4.69) is 10.2 Å². The predicted octanol–water partition coefficient (Wildman–Crippen LogP) is 1.57. The maximum atomic E-state index is 12.8. The number of hydrogen-bond donors (Lipinski definition) is 2. The molecule has 3 atom stereocenters. The zero-order chi connectivity index (χ0) is 17.2. The van der Waals surface area contributed by atoms with Crippen molar-refractivity contribution >= 4 is 5.91 Å². The molecule has 1 saturated heterocycles. The fourth-order valence-corrected chi connectivity index (χ4v) is 4.28. The van der Waals surface area contributed by atoms with Crippen molar-refractivity contribution in [2.24, 2.45) is 0 Å². The van der Waals surface area contributed by atoms with E-state index in [4.69, 9.17) is 9.47 Å². The van der Waals surface area contributed by atoms with Crippen LogP contribution in [0.2, 0.25) is 0 Å². The van der Waals surface area contributed by atoms with Crippen LogP contribution in [0.1, 0.15) is 42.5 Å². The Kier molecular flexibility index (Phi) is 4.81. The lowest BCUT2D eigenvalue weighted by Crippen LogP contribution is -2.56. The topological polar surface area (TPSA) is 71.0 Å². The summed E-state index contributed by atoms with van der Waals surface area (Å²) in [4.78, 5) is 15.2. The summed E-state index contributed by atoms with van der Waals surface area (Å²) in [5.41, 5.74) is 0.479. The Bertz CT molecular complexity index is 630. The van der Waals surface area contributed by atoms with E-state index < -0.39 is 6.10 Å². The summed E-state index contributed by atoms with van der Waals surface area (Å²) in [6, 6.07) is 5.30. The molecule has 1 amide bonds. The molecule has 1 aliphatic carbocycles. The molecule has 0 radical (unpaired) electrons. The molecular weight excluding hydrogens is 320 g/mol. The van der Waals surface area contributed by atoms with Crippen molar-refractivity contribution in [2.45, 2.75) is 50.3 Å². The fraction of sp³-hybridized carbons (Fsp3) is 0.632. The Hall–Kier alpha value is -1.79. The van der Waals surface area contributed by atoms with Gasteiger partial charge in [0.25, 0.3) is 5.91 Å². The highest BCUT2D eigenvalue weighted by atomic mass is 16.6. The smallest absolute Gasteiger partial charge is 0.255 e. The summed E-state index contributed by atoms with van der Waals surface area (Å²) < 4.78 is 11.2. The lowest BCUT2D eigenvalue weighted by atomic mass is 9.87. The van der Waals surface area contributed by atoms with Gasteiger partial charge >= 0.3 is 0 Å². The average Bonchev–Trinajstić information content (AvgIpc) is 3.17. The second kappa shape index (κ2) is 7.22. The van der Waals surface area contributed by atoms with Crippen LogP contribution in [0.25, 0.3) is 0 Å². The van der Waals surface area contributed by atoms with Gasteiger partial charge in [0.1, 0.15) is 13.2 Å². The van der Waals surface area contributed by atoms with Crippen molar-refractivity contribution in [3.63, 3.8) is 0 Å². The van der Waals surface area contributed by atoms with Gasteiger partial charge < -0.3 is 19.9 Å². The van der Waals surface area contributed by atoms with Gasteiger partial charge in [0, 0.05) is 6.04 Å². The van der Waals surface area contributed by atoms with Gasteiger partial charge in [-0.3, -0.25) is 9.69 Å². The third-order valence-corrected chi connectivity index (χ3v) is 5.56. The standard InChI is InChI=1S/C19H26N2O4/c22-17-14(6-4-7-15(17)21-9-1-2-10-21)20-19(23)13-5-3-8-16-18(13)25-12-11-24-16/h3,5,8,14-15,17,22H,1-2,4,6-7,9-12H2,(H,20,23)/t14-,15-,17-/m1/s1. The van der Waals surface area contributed by atoms with E-state index >= 15 is 0 Å². The van der Waals surface area contributed by atoms with Gasteiger partial charge in [0.2, 0.25) is 0 Å². The minimum absolute atomic E-state index is 0.158. The summed E-state index contributed by atoms with van der Waals surface area (Å²) in [5, 5.41) is 13.8. The monoisotopic (exact) mass is 346 g/mol. The lowest BCUT2D eigenvalue weighted by Gasteiger charge is -2.40. The van der Waals surface area contributed by atoms with E-state index in [9.17, 15) is 9.90 Å². The Labute approximate surface area is 148 Å². The zero-order valence-corrected chi connectivity index (χ0v) is 14.4. The van der Waals surface area contributed by atoms with Crippen molar-refractivity contribution in [1.82, 2.24) is 10.2 Å². The number of amides is 1. The Morgan fingerprint density at radius 2 is 1.92 bits per heavy atom. The maximum absolute atomic E-state index is 12.8. The first kappa shape index (κ1) is 16.7. The van der Waals surface area contributed by atoms with Gasteiger partial charge in [-0.15, -0.1) is 0 Å². The van der Waals surface area contributed by atoms with Crippen LogP contribution in [-0.2, 0) is 0 Å². The summed E-state index contributed by atoms with van der Waals surface area (Å²) in [6.45, 7) is 3.05. The fourth-order valence-electron chi connectivity index (χ4n) is 4.28. The molecular formula is C19H26N2O4. The van der Waals surface area contributed by atoms with Crippen molar-refractivity contribution in [3.8, 4) is 11.5 Å². The zero-order valence-electron chi connectivity index (χ0n) is 14.4. The number of aliphatic hydroxyl groups excluding tert-OH is 1. The SMILES string of the molecule is O=C(N[C@@H]1CCC[C@@H](N2CCCC2)[C@@H]1O)c1cccc2c1OCCO2. The highest BCUT2D eigenvalue weighted by Gasteiger charge is 2.37. The van der Waals surface area contributed by atoms with Gasteiger partial charge in [-0.25, -0.2) is 0 Å². The van der Waals surface area contributed by atoms with E-state index in [-0.39, 0.29) is 18.0 Å². The molecule has 3 aliphatic rings. The molecule has 0 spiro atoms. The molecule has 0 bridgehead atoms. The molecule has 1 aromatic rings. The molecule has 2 heterocycles. The van der Waals surface area contributed by atoms with Crippen LogP contribution >= 0.6 is 0 Å². The van der Waals surface area contributed by atoms with E-state index in [0.29, 0.717) is 30.3 Å². The molecule has 2 N–H and O–H groups in total. The minimum atomic E-state index is -0.521. The van der Waals surface area contributed by atoms with E-state index in [1.807, 2.05) is 6.07 Å². The molecule has 6 heteroatoms. The van der Waals surface area contributed by atoms with Crippen molar-refractivity contribution in [3.05, 3.63) is 23.8 Å². The van der Waals surface area contributed by atoms with Gasteiger partial charge in [0.15, 0.2) is 11.5 Å². The maximum Gasteiger partial charge on any atom is 0.255 e. The van der Waals surface area contributed by atoms with E-state index in [1.165, 1.54) is 12.8 Å². The summed E-state index contributed by atoms with van der Waals surface area (Å²) in [6.07, 6.45) is 4.72. The summed E-state index contributed by atoms with van der Waals surface area (Å²) >= 11 is 0. The number of ether oxygens (including phenoxy) is 2. The highest BCUT2D eigenvalue weighted by molar-refractivity contribution is 5.98. The first-order valence-corrected chi connectivity index (χ1v) is 9.35. The van der Waals surface area contributed by atoms with Crippen LogP contribution in [0.5, 0.6) is 11.5 Å². The Balaban J connectivity index is 1.47. The van der Waals surface area contributed by atoms with Gasteiger partial charge in [-0.2, -0.15) is 0 Å². The van der Waals surface area contributed by atoms with E-state index in [1.54, 1.807) is 12.1 Å². The Morgan fingerprint density at radius 3 is 2.76 bits per heavy atom. The molecule has 2 fully saturated rings. The molecule has 0 unspecified atom stereocenters. The molecule has 1 aromatic carbocycles. The van der Waals surface area contributed by atoms with Crippen molar-refractivity contribution < 1.29 is 19.4 Å². The minimum Gasteiger partial charge on any atom is -0.486 e. The van der Waals surface area contributed by atoms with Gasteiger partial charge in [0.05, 0.1) is 17.7 Å². The van der Waals surface area contributed by atoms with Crippen LogP contribution in [-0.4, -0.2) is 60.4 Å². The molecule has 6 nitrogen and oxygen atoms in total. The number of likely N-dealkylation sites (tertiary alicyclic amines) is 1. The quantitative estimate of drug-likeness (QED) is 0.869. The van der Waals surface area contributed by atoms with E-state index in [0.717, 1.165) is 32.4 Å². The number of nitrogens with one attached hydrogen (secondary N) is 1. The molecule has 2 aliphatic heterocycles. The summed E-state index contributed by atoms with van der Waals surface area (Å²) in [7, 11) is 0.